The monoisotopic (exact) mass is 485 g/mol. The average molecular weight is 486 g/mol. The molecule has 182 valence electrons. The molecule has 1 heterocycles. The van der Waals surface area contributed by atoms with Crippen molar-refractivity contribution in [2.45, 2.75) is 12.8 Å². The van der Waals surface area contributed by atoms with E-state index in [1.807, 2.05) is 60.7 Å². The summed E-state index contributed by atoms with van der Waals surface area (Å²) in [5.74, 6) is -1.69. The number of nitrogens with one attached hydrogen (secondary N) is 3. The van der Waals surface area contributed by atoms with E-state index in [9.17, 15) is 18.8 Å². The van der Waals surface area contributed by atoms with Crippen molar-refractivity contribution in [1.29, 1.82) is 0 Å². The zero-order valence-electron chi connectivity index (χ0n) is 19.3. The fourth-order valence-electron chi connectivity index (χ4n) is 3.47. The number of rotatable bonds is 8. The normalized spacial score (nSPS) is 10.5. The minimum atomic E-state index is -0.506. The number of para-hydroxylation sites is 1. The Morgan fingerprint density at radius 3 is 2.17 bits per heavy atom. The van der Waals surface area contributed by atoms with Crippen LogP contribution in [0.2, 0.25) is 0 Å². The molecule has 0 aliphatic heterocycles. The first-order valence-electron chi connectivity index (χ1n) is 11.3. The Morgan fingerprint density at radius 1 is 0.806 bits per heavy atom. The minimum Gasteiger partial charge on any atom is -0.352 e. The van der Waals surface area contributed by atoms with Gasteiger partial charge in [0.15, 0.2) is 0 Å². The van der Waals surface area contributed by atoms with Gasteiger partial charge in [-0.1, -0.05) is 48.5 Å². The molecule has 0 fully saturated rings. The van der Waals surface area contributed by atoms with E-state index >= 15 is 0 Å². The molecule has 0 aliphatic rings. The Kier molecular flexibility index (Phi) is 7.82. The summed E-state index contributed by atoms with van der Waals surface area (Å²) < 4.78 is 14.6. The second kappa shape index (κ2) is 11.6. The van der Waals surface area contributed by atoms with Gasteiger partial charge in [0.25, 0.3) is 11.8 Å². The molecule has 3 N–H and O–H groups in total. The summed E-state index contributed by atoms with van der Waals surface area (Å²) in [4.78, 5) is 37.2. The molecule has 3 amide bonds. The Hall–Kier alpha value is -4.79. The van der Waals surface area contributed by atoms with Crippen LogP contribution in [0.4, 0.5) is 4.39 Å². The van der Waals surface area contributed by atoms with Gasteiger partial charge in [-0.05, 0) is 42.8 Å². The Labute approximate surface area is 207 Å². The number of carbonyl (C=O) groups excluding carboxylic acids is 3. The molecule has 0 unspecified atom stereocenters. The van der Waals surface area contributed by atoms with Gasteiger partial charge in [-0.3, -0.25) is 25.2 Å². The standard InChI is InChI=1S/C27H24FN5O3/c28-21-15-13-20(14-16-21)26(35)29-17-7-12-24(34)30-31-27(36)23-18-33(22-10-5-2-6-11-22)32-25(23)19-8-3-1-4-9-19/h1-6,8-11,13-16,18H,7,12,17H2,(H,29,35)(H,30,34)(H,31,36). The van der Waals surface area contributed by atoms with Crippen LogP contribution in [-0.4, -0.2) is 34.0 Å². The van der Waals surface area contributed by atoms with E-state index in [2.05, 4.69) is 21.3 Å². The maximum atomic E-state index is 13.0. The van der Waals surface area contributed by atoms with Crippen LogP contribution in [0, 0.1) is 5.82 Å². The molecule has 3 aromatic carbocycles. The van der Waals surface area contributed by atoms with Crippen molar-refractivity contribution in [1.82, 2.24) is 25.9 Å². The van der Waals surface area contributed by atoms with Crippen LogP contribution in [0.25, 0.3) is 16.9 Å². The first kappa shape index (κ1) is 24.3. The molecule has 4 aromatic rings. The second-order valence-electron chi connectivity index (χ2n) is 7.91. The van der Waals surface area contributed by atoms with Crippen molar-refractivity contribution in [2.75, 3.05) is 6.54 Å². The summed E-state index contributed by atoms with van der Waals surface area (Å²) in [6.07, 6.45) is 2.05. The van der Waals surface area contributed by atoms with Gasteiger partial charge >= 0.3 is 0 Å². The molecule has 0 atom stereocenters. The average Bonchev–Trinajstić information content (AvgIpc) is 3.37. The topological polar surface area (TPSA) is 105 Å². The molecular weight excluding hydrogens is 461 g/mol. The van der Waals surface area contributed by atoms with Crippen LogP contribution in [0.15, 0.2) is 91.1 Å². The maximum Gasteiger partial charge on any atom is 0.273 e. The molecule has 36 heavy (non-hydrogen) atoms. The Bertz CT molecular complexity index is 1340. The third-order valence-electron chi connectivity index (χ3n) is 5.31. The molecular formula is C27H24FN5O3. The van der Waals surface area contributed by atoms with Crippen molar-refractivity contribution in [2.24, 2.45) is 0 Å². The van der Waals surface area contributed by atoms with Gasteiger partial charge in [0.1, 0.15) is 11.5 Å². The lowest BCUT2D eigenvalue weighted by Gasteiger charge is -2.08. The van der Waals surface area contributed by atoms with Crippen LogP contribution in [0.5, 0.6) is 0 Å². The Balaban J connectivity index is 1.32. The van der Waals surface area contributed by atoms with Crippen molar-refractivity contribution < 1.29 is 18.8 Å². The van der Waals surface area contributed by atoms with Gasteiger partial charge < -0.3 is 5.32 Å². The minimum absolute atomic E-state index is 0.0821. The third-order valence-corrected chi connectivity index (χ3v) is 5.31. The number of nitrogens with zero attached hydrogens (tertiary/aromatic N) is 2. The number of amides is 3. The number of benzene rings is 3. The van der Waals surface area contributed by atoms with Crippen LogP contribution in [0.1, 0.15) is 33.6 Å². The van der Waals surface area contributed by atoms with Gasteiger partial charge in [0.05, 0.1) is 11.3 Å². The smallest absolute Gasteiger partial charge is 0.273 e. The van der Waals surface area contributed by atoms with Gasteiger partial charge in [-0.25, -0.2) is 9.07 Å². The molecule has 0 spiro atoms. The lowest BCUT2D eigenvalue weighted by molar-refractivity contribution is -0.121. The zero-order valence-corrected chi connectivity index (χ0v) is 19.3. The van der Waals surface area contributed by atoms with Crippen LogP contribution in [-0.2, 0) is 4.79 Å². The van der Waals surface area contributed by atoms with Crippen LogP contribution < -0.4 is 16.2 Å². The van der Waals surface area contributed by atoms with Gasteiger partial charge in [0.2, 0.25) is 5.91 Å². The van der Waals surface area contributed by atoms with E-state index in [0.717, 1.165) is 11.3 Å². The summed E-state index contributed by atoms with van der Waals surface area (Å²) in [5.41, 5.74) is 7.52. The number of aromatic nitrogens is 2. The highest BCUT2D eigenvalue weighted by Gasteiger charge is 2.19. The number of hydrogen-bond donors (Lipinski definition) is 3. The van der Waals surface area contributed by atoms with Crippen molar-refractivity contribution in [3.63, 3.8) is 0 Å². The van der Waals surface area contributed by atoms with Crippen molar-refractivity contribution >= 4 is 17.7 Å². The van der Waals surface area contributed by atoms with Gasteiger partial charge in [-0.2, -0.15) is 5.10 Å². The lowest BCUT2D eigenvalue weighted by Crippen LogP contribution is -2.41. The van der Waals surface area contributed by atoms with Gasteiger partial charge in [0, 0.05) is 30.3 Å². The number of hydrogen-bond acceptors (Lipinski definition) is 4. The fraction of sp³-hybridized carbons (Fsp3) is 0.111. The van der Waals surface area contributed by atoms with Crippen LogP contribution in [0.3, 0.4) is 0 Å². The summed E-state index contributed by atoms with van der Waals surface area (Å²) in [5, 5.41) is 7.26. The van der Waals surface area contributed by atoms with E-state index in [-0.39, 0.29) is 18.9 Å². The molecule has 8 nitrogen and oxygen atoms in total. The molecule has 0 saturated carbocycles. The zero-order chi connectivity index (χ0) is 25.3. The van der Waals surface area contributed by atoms with Crippen molar-refractivity contribution in [3.05, 3.63) is 108 Å². The molecule has 0 aliphatic carbocycles. The number of hydrazine groups is 1. The van der Waals surface area contributed by atoms with E-state index in [0.29, 0.717) is 23.2 Å². The lowest BCUT2D eigenvalue weighted by atomic mass is 10.1. The summed E-state index contributed by atoms with van der Waals surface area (Å²) >= 11 is 0. The highest BCUT2D eigenvalue weighted by atomic mass is 19.1. The first-order chi connectivity index (χ1) is 17.5. The number of carbonyl (C=O) groups is 3. The molecule has 0 bridgehead atoms. The first-order valence-corrected chi connectivity index (χ1v) is 11.3. The van der Waals surface area contributed by atoms with E-state index < -0.39 is 17.6 Å². The fourth-order valence-corrected chi connectivity index (χ4v) is 3.47. The van der Waals surface area contributed by atoms with Crippen LogP contribution >= 0.6 is 0 Å². The summed E-state index contributed by atoms with van der Waals surface area (Å²) in [6, 6.07) is 23.9. The molecule has 0 saturated heterocycles. The van der Waals surface area contributed by atoms with Crippen molar-refractivity contribution in [3.8, 4) is 16.9 Å². The Morgan fingerprint density at radius 2 is 1.47 bits per heavy atom. The SMILES string of the molecule is O=C(CCCNC(=O)c1ccc(F)cc1)NNC(=O)c1cn(-c2ccccc2)nc1-c1ccccc1. The quantitative estimate of drug-likeness (QED) is 0.262. The molecule has 4 rings (SSSR count). The summed E-state index contributed by atoms with van der Waals surface area (Å²) in [6.45, 7) is 0.250. The molecule has 0 radical (unpaired) electrons. The maximum absolute atomic E-state index is 13.0. The van der Waals surface area contributed by atoms with E-state index in [1.165, 1.54) is 24.3 Å². The predicted molar refractivity (Wildman–Crippen MR) is 133 cm³/mol. The number of halogens is 1. The third kappa shape index (κ3) is 6.20. The molecule has 9 heteroatoms. The largest absolute Gasteiger partial charge is 0.352 e. The van der Waals surface area contributed by atoms with Gasteiger partial charge in [-0.15, -0.1) is 0 Å². The second-order valence-corrected chi connectivity index (χ2v) is 7.91. The summed E-state index contributed by atoms with van der Waals surface area (Å²) in [7, 11) is 0. The predicted octanol–water partition coefficient (Wildman–Crippen LogP) is 3.65. The highest BCUT2D eigenvalue weighted by molar-refractivity contribution is 6.00. The van der Waals surface area contributed by atoms with E-state index in [1.54, 1.807) is 10.9 Å². The molecule has 1 aromatic heterocycles. The van der Waals surface area contributed by atoms with E-state index in [4.69, 9.17) is 0 Å². The highest BCUT2D eigenvalue weighted by Crippen LogP contribution is 2.23.